The lowest BCUT2D eigenvalue weighted by Crippen LogP contribution is -1.95. The predicted octanol–water partition coefficient (Wildman–Crippen LogP) is 6.53. The van der Waals surface area contributed by atoms with E-state index in [1.807, 2.05) is 48.6 Å². The van der Waals surface area contributed by atoms with Crippen molar-refractivity contribution in [1.29, 1.82) is 0 Å². The van der Waals surface area contributed by atoms with E-state index in [2.05, 4.69) is 31.9 Å². The third-order valence-corrected chi connectivity index (χ3v) is 6.02. The summed E-state index contributed by atoms with van der Waals surface area (Å²) in [6.07, 6.45) is 3.94. The second-order valence-corrected chi connectivity index (χ2v) is 8.74. The molecule has 1 aromatic heterocycles. The largest absolute Gasteiger partial charge is 0.493 e. The minimum atomic E-state index is 0.576. The second-order valence-electron chi connectivity index (χ2n) is 5.47. The van der Waals surface area contributed by atoms with Crippen LogP contribution in [-0.4, -0.2) is 26.3 Å². The van der Waals surface area contributed by atoms with Gasteiger partial charge in [-0.05, 0) is 51.8 Å². The number of ether oxygens (including phenoxy) is 3. The third kappa shape index (κ3) is 4.54. The Morgan fingerprint density at radius 1 is 0.889 bits per heavy atom. The van der Waals surface area contributed by atoms with E-state index in [0.717, 1.165) is 30.1 Å². The zero-order valence-corrected chi connectivity index (χ0v) is 18.9. The second kappa shape index (κ2) is 8.91. The molecule has 0 aliphatic carbocycles. The number of hydrogen-bond donors (Lipinski definition) is 0. The van der Waals surface area contributed by atoms with Crippen molar-refractivity contribution in [3.8, 4) is 28.5 Å². The average Bonchev–Trinajstić information content (AvgIpc) is 3.06. The van der Waals surface area contributed by atoms with E-state index in [9.17, 15) is 0 Å². The maximum absolute atomic E-state index is 5.40. The molecule has 0 spiro atoms. The smallest absolute Gasteiger partial charge is 0.203 e. The molecular formula is C20H17Br2NO3S. The molecule has 0 unspecified atom stereocenters. The Labute approximate surface area is 179 Å². The fraction of sp³-hybridized carbons (Fsp3) is 0.150. The lowest BCUT2D eigenvalue weighted by molar-refractivity contribution is 0.324. The van der Waals surface area contributed by atoms with Crippen molar-refractivity contribution in [3.05, 3.63) is 55.2 Å². The van der Waals surface area contributed by atoms with Crippen molar-refractivity contribution in [2.24, 2.45) is 0 Å². The molecule has 0 atom stereocenters. The van der Waals surface area contributed by atoms with Crippen LogP contribution in [0.3, 0.4) is 0 Å². The van der Waals surface area contributed by atoms with Gasteiger partial charge in [-0.25, -0.2) is 4.98 Å². The van der Waals surface area contributed by atoms with E-state index in [1.54, 1.807) is 32.7 Å². The first kappa shape index (κ1) is 19.9. The SMILES string of the molecule is COc1cc(/C=C/c2nc(-c3ccc(Br)cc3)c(Br)s2)cc(OC)c1OC. The van der Waals surface area contributed by atoms with E-state index in [1.165, 1.54) is 0 Å². The van der Waals surface area contributed by atoms with Crippen LogP contribution in [0, 0.1) is 0 Å². The van der Waals surface area contributed by atoms with E-state index < -0.39 is 0 Å². The summed E-state index contributed by atoms with van der Waals surface area (Å²) in [5, 5.41) is 0.897. The molecule has 4 nitrogen and oxygen atoms in total. The summed E-state index contributed by atoms with van der Waals surface area (Å²) < 4.78 is 18.2. The Hall–Kier alpha value is -1.83. The lowest BCUT2D eigenvalue weighted by Gasteiger charge is -2.12. The molecular weight excluding hydrogens is 494 g/mol. The standard InChI is InChI=1S/C20H17Br2NO3S/c1-24-15-10-12(11-16(25-2)19(15)26-3)4-9-17-23-18(20(22)27-17)13-5-7-14(21)8-6-13/h4-11H,1-3H3/b9-4+. The topological polar surface area (TPSA) is 40.6 Å². The van der Waals surface area contributed by atoms with Gasteiger partial charge in [0.15, 0.2) is 11.5 Å². The van der Waals surface area contributed by atoms with Crippen LogP contribution >= 0.6 is 43.2 Å². The van der Waals surface area contributed by atoms with Crippen LogP contribution in [0.5, 0.6) is 17.2 Å². The van der Waals surface area contributed by atoms with Gasteiger partial charge in [-0.2, -0.15) is 0 Å². The van der Waals surface area contributed by atoms with Crippen molar-refractivity contribution >= 4 is 55.3 Å². The minimum Gasteiger partial charge on any atom is -0.493 e. The average molecular weight is 511 g/mol. The molecule has 140 valence electrons. The molecule has 0 saturated heterocycles. The van der Waals surface area contributed by atoms with Crippen LogP contribution in [0.4, 0.5) is 0 Å². The fourth-order valence-corrected chi connectivity index (χ4v) is 4.34. The summed E-state index contributed by atoms with van der Waals surface area (Å²) in [5.74, 6) is 1.81. The van der Waals surface area contributed by atoms with Gasteiger partial charge in [0.2, 0.25) is 5.75 Å². The van der Waals surface area contributed by atoms with Crippen LogP contribution in [0.1, 0.15) is 10.6 Å². The van der Waals surface area contributed by atoms with Crippen LogP contribution in [0.15, 0.2) is 44.7 Å². The highest BCUT2D eigenvalue weighted by molar-refractivity contribution is 9.11. The summed E-state index contributed by atoms with van der Waals surface area (Å²) >= 11 is 8.65. The summed E-state index contributed by atoms with van der Waals surface area (Å²) in [7, 11) is 4.80. The Bertz CT molecular complexity index is 943. The molecule has 2 aromatic carbocycles. The van der Waals surface area contributed by atoms with E-state index >= 15 is 0 Å². The maximum Gasteiger partial charge on any atom is 0.203 e. The quantitative estimate of drug-likeness (QED) is 0.378. The Kier molecular flexibility index (Phi) is 6.57. The summed E-state index contributed by atoms with van der Waals surface area (Å²) in [4.78, 5) is 4.73. The maximum atomic E-state index is 5.40. The van der Waals surface area contributed by atoms with Crippen LogP contribution in [0.2, 0.25) is 0 Å². The number of methoxy groups -OCH3 is 3. The molecule has 0 aliphatic heterocycles. The van der Waals surface area contributed by atoms with E-state index in [-0.39, 0.29) is 0 Å². The van der Waals surface area contributed by atoms with Crippen molar-refractivity contribution in [2.75, 3.05) is 21.3 Å². The van der Waals surface area contributed by atoms with Gasteiger partial charge < -0.3 is 14.2 Å². The zero-order valence-electron chi connectivity index (χ0n) is 15.0. The molecule has 0 aliphatic rings. The van der Waals surface area contributed by atoms with Crippen molar-refractivity contribution in [2.45, 2.75) is 0 Å². The Morgan fingerprint density at radius 2 is 1.52 bits per heavy atom. The predicted molar refractivity (Wildman–Crippen MR) is 118 cm³/mol. The molecule has 0 amide bonds. The van der Waals surface area contributed by atoms with Crippen LogP contribution in [0.25, 0.3) is 23.4 Å². The number of benzene rings is 2. The fourth-order valence-electron chi connectivity index (χ4n) is 2.54. The number of aromatic nitrogens is 1. The molecule has 3 rings (SSSR count). The molecule has 7 heteroatoms. The van der Waals surface area contributed by atoms with Gasteiger partial charge in [-0.15, -0.1) is 11.3 Å². The van der Waals surface area contributed by atoms with Gasteiger partial charge in [0.25, 0.3) is 0 Å². The number of rotatable bonds is 6. The lowest BCUT2D eigenvalue weighted by atomic mass is 10.1. The summed E-state index contributed by atoms with van der Waals surface area (Å²) in [5.41, 5.74) is 2.92. The van der Waals surface area contributed by atoms with E-state index in [0.29, 0.717) is 17.2 Å². The number of halogens is 2. The van der Waals surface area contributed by atoms with Gasteiger partial charge in [-0.1, -0.05) is 34.1 Å². The minimum absolute atomic E-state index is 0.576. The number of thiazole rings is 1. The molecule has 0 bridgehead atoms. The van der Waals surface area contributed by atoms with Crippen molar-refractivity contribution in [3.63, 3.8) is 0 Å². The first-order valence-electron chi connectivity index (χ1n) is 7.96. The zero-order chi connectivity index (χ0) is 19.4. The number of nitrogens with zero attached hydrogens (tertiary/aromatic N) is 1. The van der Waals surface area contributed by atoms with Crippen LogP contribution in [-0.2, 0) is 0 Å². The van der Waals surface area contributed by atoms with Crippen molar-refractivity contribution in [1.82, 2.24) is 4.98 Å². The van der Waals surface area contributed by atoms with Gasteiger partial charge in [0.1, 0.15) is 5.01 Å². The highest BCUT2D eigenvalue weighted by Crippen LogP contribution is 2.39. The Balaban J connectivity index is 1.90. The highest BCUT2D eigenvalue weighted by Gasteiger charge is 2.13. The molecule has 0 radical (unpaired) electrons. The summed E-state index contributed by atoms with van der Waals surface area (Å²) in [6, 6.07) is 11.9. The first-order valence-corrected chi connectivity index (χ1v) is 10.4. The molecule has 0 saturated carbocycles. The van der Waals surface area contributed by atoms with Gasteiger partial charge in [-0.3, -0.25) is 0 Å². The number of hydrogen-bond acceptors (Lipinski definition) is 5. The Morgan fingerprint density at radius 3 is 2.07 bits per heavy atom. The summed E-state index contributed by atoms with van der Waals surface area (Å²) in [6.45, 7) is 0. The normalized spacial score (nSPS) is 11.0. The molecule has 0 N–H and O–H groups in total. The molecule has 3 aromatic rings. The molecule has 0 fully saturated rings. The highest BCUT2D eigenvalue weighted by atomic mass is 79.9. The van der Waals surface area contributed by atoms with Gasteiger partial charge >= 0.3 is 0 Å². The van der Waals surface area contributed by atoms with Gasteiger partial charge in [0, 0.05) is 10.0 Å². The molecule has 1 heterocycles. The van der Waals surface area contributed by atoms with Crippen molar-refractivity contribution < 1.29 is 14.2 Å². The third-order valence-electron chi connectivity index (χ3n) is 3.83. The van der Waals surface area contributed by atoms with E-state index in [4.69, 9.17) is 19.2 Å². The monoisotopic (exact) mass is 509 g/mol. The molecule has 27 heavy (non-hydrogen) atoms. The van der Waals surface area contributed by atoms with Crippen LogP contribution < -0.4 is 14.2 Å². The first-order chi connectivity index (χ1) is 13.0. The van der Waals surface area contributed by atoms with Gasteiger partial charge in [0.05, 0.1) is 30.8 Å².